The molecule has 0 saturated heterocycles. The molecule has 6 nitrogen and oxygen atoms in total. The van der Waals surface area contributed by atoms with E-state index in [4.69, 9.17) is 32.7 Å². The molecule has 0 spiro atoms. The van der Waals surface area contributed by atoms with E-state index in [1.807, 2.05) is 50.2 Å². The smallest absolute Gasteiger partial charge is 0.262 e. The predicted molar refractivity (Wildman–Crippen MR) is 136 cm³/mol. The maximum absolute atomic E-state index is 12.3. The maximum atomic E-state index is 12.3. The lowest BCUT2D eigenvalue weighted by Gasteiger charge is -2.16. The molecule has 0 aliphatic rings. The van der Waals surface area contributed by atoms with Crippen molar-refractivity contribution in [2.24, 2.45) is 0 Å². The zero-order valence-electron chi connectivity index (χ0n) is 18.0. The third-order valence-corrected chi connectivity index (χ3v) is 5.73. The standard InChI is InChI=1S/C24H23BrCl2N2O4/c1-3-32-21-9-15(12-28-17-10-19(26)23(31)20(27)11-17)8-18(25)24(21)33-13-22(30)29-16-6-4-14(2)5-7-16/h4-11,28,31H,3,12-13H2,1-2H3,(H,29,30). The summed E-state index contributed by atoms with van der Waals surface area (Å²) in [5, 5.41) is 16.0. The van der Waals surface area contributed by atoms with Gasteiger partial charge in [-0.25, -0.2) is 0 Å². The second-order valence-corrected chi connectivity index (χ2v) is 8.85. The molecule has 0 atom stereocenters. The molecular formula is C24H23BrCl2N2O4. The lowest BCUT2D eigenvalue weighted by atomic mass is 10.2. The number of phenols is 1. The van der Waals surface area contributed by atoms with Crippen molar-refractivity contribution in [3.63, 3.8) is 0 Å². The molecule has 0 bridgehead atoms. The summed E-state index contributed by atoms with van der Waals surface area (Å²) in [7, 11) is 0. The molecule has 0 aromatic heterocycles. The van der Waals surface area contributed by atoms with Crippen LogP contribution in [0.4, 0.5) is 11.4 Å². The van der Waals surface area contributed by atoms with Crippen LogP contribution < -0.4 is 20.1 Å². The summed E-state index contributed by atoms with van der Waals surface area (Å²) in [6.07, 6.45) is 0. The summed E-state index contributed by atoms with van der Waals surface area (Å²) in [6, 6.07) is 14.4. The summed E-state index contributed by atoms with van der Waals surface area (Å²) in [5.74, 6) is 0.516. The van der Waals surface area contributed by atoms with Crippen LogP contribution in [-0.4, -0.2) is 24.2 Å². The van der Waals surface area contributed by atoms with Crippen molar-refractivity contribution in [2.45, 2.75) is 20.4 Å². The first-order valence-corrected chi connectivity index (χ1v) is 11.7. The second kappa shape index (κ2) is 11.5. The number of rotatable bonds is 9. The number of ether oxygens (including phenoxy) is 2. The van der Waals surface area contributed by atoms with Crippen LogP contribution in [0.3, 0.4) is 0 Å². The van der Waals surface area contributed by atoms with Crippen molar-refractivity contribution < 1.29 is 19.4 Å². The molecule has 0 fully saturated rings. The number of amides is 1. The van der Waals surface area contributed by atoms with Gasteiger partial charge in [-0.05, 0) is 71.7 Å². The van der Waals surface area contributed by atoms with Gasteiger partial charge >= 0.3 is 0 Å². The number of hydrogen-bond donors (Lipinski definition) is 3. The number of aryl methyl sites for hydroxylation is 1. The highest BCUT2D eigenvalue weighted by molar-refractivity contribution is 9.10. The average molecular weight is 554 g/mol. The Balaban J connectivity index is 1.68. The topological polar surface area (TPSA) is 79.8 Å². The molecule has 0 aliphatic carbocycles. The van der Waals surface area contributed by atoms with Gasteiger partial charge in [-0.15, -0.1) is 0 Å². The van der Waals surface area contributed by atoms with Crippen LogP contribution in [0.1, 0.15) is 18.1 Å². The van der Waals surface area contributed by atoms with Crippen LogP contribution >= 0.6 is 39.1 Å². The Morgan fingerprint density at radius 1 is 1.03 bits per heavy atom. The van der Waals surface area contributed by atoms with E-state index < -0.39 is 0 Å². The Bertz CT molecular complexity index is 1120. The summed E-state index contributed by atoms with van der Waals surface area (Å²) < 4.78 is 12.2. The van der Waals surface area contributed by atoms with E-state index in [1.54, 1.807) is 12.1 Å². The molecule has 0 radical (unpaired) electrons. The van der Waals surface area contributed by atoms with Crippen molar-refractivity contribution in [3.05, 3.63) is 74.2 Å². The summed E-state index contributed by atoms with van der Waals surface area (Å²) in [5.41, 5.74) is 3.36. The number of hydrogen-bond acceptors (Lipinski definition) is 5. The van der Waals surface area contributed by atoms with E-state index in [-0.39, 0.29) is 28.3 Å². The first-order valence-electron chi connectivity index (χ1n) is 10.1. The summed E-state index contributed by atoms with van der Waals surface area (Å²) in [4.78, 5) is 12.3. The van der Waals surface area contributed by atoms with Crippen LogP contribution in [-0.2, 0) is 11.3 Å². The number of anilines is 2. The first kappa shape index (κ1) is 25.0. The fraction of sp³-hybridized carbons (Fsp3) is 0.208. The first-order chi connectivity index (χ1) is 15.8. The highest BCUT2D eigenvalue weighted by atomic mass is 79.9. The van der Waals surface area contributed by atoms with Crippen LogP contribution in [0.2, 0.25) is 10.0 Å². The molecule has 0 unspecified atom stereocenters. The van der Waals surface area contributed by atoms with Crippen molar-refractivity contribution in [3.8, 4) is 17.2 Å². The zero-order valence-corrected chi connectivity index (χ0v) is 21.1. The Hall–Kier alpha value is -2.61. The average Bonchev–Trinajstić information content (AvgIpc) is 2.77. The molecular weight excluding hydrogens is 531 g/mol. The van der Waals surface area contributed by atoms with Crippen molar-refractivity contribution >= 4 is 56.4 Å². The van der Waals surface area contributed by atoms with E-state index >= 15 is 0 Å². The molecule has 1 amide bonds. The van der Waals surface area contributed by atoms with E-state index in [2.05, 4.69) is 26.6 Å². The highest BCUT2D eigenvalue weighted by Crippen LogP contribution is 2.38. The molecule has 0 saturated carbocycles. The molecule has 174 valence electrons. The summed E-state index contributed by atoms with van der Waals surface area (Å²) in [6.45, 7) is 4.54. The third-order valence-electron chi connectivity index (χ3n) is 4.57. The minimum atomic E-state index is -0.278. The summed E-state index contributed by atoms with van der Waals surface area (Å²) >= 11 is 15.5. The normalized spacial score (nSPS) is 10.6. The van der Waals surface area contributed by atoms with Crippen LogP contribution in [0, 0.1) is 6.92 Å². The molecule has 3 N–H and O–H groups in total. The number of halogens is 3. The van der Waals surface area contributed by atoms with Gasteiger partial charge in [0.25, 0.3) is 5.91 Å². The van der Waals surface area contributed by atoms with Gasteiger partial charge in [0, 0.05) is 17.9 Å². The lowest BCUT2D eigenvalue weighted by molar-refractivity contribution is -0.118. The van der Waals surface area contributed by atoms with Crippen LogP contribution in [0.5, 0.6) is 17.2 Å². The van der Waals surface area contributed by atoms with Gasteiger partial charge in [0.1, 0.15) is 0 Å². The fourth-order valence-electron chi connectivity index (χ4n) is 2.97. The maximum Gasteiger partial charge on any atom is 0.262 e. The minimum absolute atomic E-state index is 0.154. The van der Waals surface area contributed by atoms with E-state index in [0.29, 0.717) is 40.5 Å². The highest BCUT2D eigenvalue weighted by Gasteiger charge is 2.15. The van der Waals surface area contributed by atoms with E-state index in [1.165, 1.54) is 0 Å². The van der Waals surface area contributed by atoms with Gasteiger partial charge in [0.2, 0.25) is 0 Å². The van der Waals surface area contributed by atoms with Gasteiger partial charge in [-0.2, -0.15) is 0 Å². The van der Waals surface area contributed by atoms with Gasteiger partial charge < -0.3 is 25.2 Å². The van der Waals surface area contributed by atoms with Gasteiger partial charge in [0.15, 0.2) is 23.9 Å². The van der Waals surface area contributed by atoms with Gasteiger partial charge in [-0.1, -0.05) is 40.9 Å². The molecule has 0 heterocycles. The van der Waals surface area contributed by atoms with Gasteiger partial charge in [0.05, 0.1) is 21.1 Å². The molecule has 3 aromatic rings. The Kier molecular flexibility index (Phi) is 8.72. The quantitative estimate of drug-likeness (QED) is 0.254. The number of carbonyl (C=O) groups excluding carboxylic acids is 1. The zero-order chi connectivity index (χ0) is 24.0. The lowest BCUT2D eigenvalue weighted by Crippen LogP contribution is -2.20. The molecule has 0 aliphatic heterocycles. The Morgan fingerprint density at radius 2 is 1.70 bits per heavy atom. The Labute approximate surface area is 210 Å². The SMILES string of the molecule is CCOc1cc(CNc2cc(Cl)c(O)c(Cl)c2)cc(Br)c1OCC(=O)Nc1ccc(C)cc1. The predicted octanol–water partition coefficient (Wildman–Crippen LogP) is 6.80. The van der Waals surface area contributed by atoms with E-state index in [0.717, 1.165) is 11.1 Å². The number of phenolic OH excluding ortho intramolecular Hbond substituents is 1. The van der Waals surface area contributed by atoms with Crippen LogP contribution in [0.25, 0.3) is 0 Å². The van der Waals surface area contributed by atoms with Crippen molar-refractivity contribution in [2.75, 3.05) is 23.8 Å². The third kappa shape index (κ3) is 6.93. The number of carbonyl (C=O) groups is 1. The van der Waals surface area contributed by atoms with Crippen molar-refractivity contribution in [1.29, 1.82) is 0 Å². The monoisotopic (exact) mass is 552 g/mol. The van der Waals surface area contributed by atoms with E-state index in [9.17, 15) is 9.90 Å². The van der Waals surface area contributed by atoms with Crippen molar-refractivity contribution in [1.82, 2.24) is 0 Å². The Morgan fingerprint density at radius 3 is 2.33 bits per heavy atom. The molecule has 3 rings (SSSR count). The minimum Gasteiger partial charge on any atom is -0.505 e. The van der Waals surface area contributed by atoms with Gasteiger partial charge in [-0.3, -0.25) is 4.79 Å². The fourth-order valence-corrected chi connectivity index (χ4v) is 4.06. The van der Waals surface area contributed by atoms with Crippen LogP contribution in [0.15, 0.2) is 53.0 Å². The second-order valence-electron chi connectivity index (χ2n) is 7.18. The molecule has 33 heavy (non-hydrogen) atoms. The number of aromatic hydroxyl groups is 1. The number of nitrogens with one attached hydrogen (secondary N) is 2. The number of benzene rings is 3. The molecule has 3 aromatic carbocycles. The molecule has 9 heteroatoms. The largest absolute Gasteiger partial charge is 0.505 e.